The van der Waals surface area contributed by atoms with Crippen LogP contribution < -0.4 is 0 Å². The minimum atomic E-state index is -0.209. The van der Waals surface area contributed by atoms with Crippen molar-refractivity contribution in [3.8, 4) is 17.3 Å². The Labute approximate surface area is 132 Å². The Kier molecular flexibility index (Phi) is 3.98. The van der Waals surface area contributed by atoms with Crippen molar-refractivity contribution in [2.24, 2.45) is 0 Å². The first-order valence-corrected chi connectivity index (χ1v) is 7.03. The van der Waals surface area contributed by atoms with Gasteiger partial charge in [0.1, 0.15) is 17.6 Å². The Morgan fingerprint density at radius 2 is 1.91 bits per heavy atom. The Balaban J connectivity index is 1.90. The topological polar surface area (TPSA) is 65.4 Å². The van der Waals surface area contributed by atoms with Crippen LogP contribution in [0.3, 0.4) is 0 Å². The van der Waals surface area contributed by atoms with Gasteiger partial charge in [0.2, 0.25) is 0 Å². The van der Waals surface area contributed by atoms with E-state index in [4.69, 9.17) is 5.26 Å². The van der Waals surface area contributed by atoms with Crippen molar-refractivity contribution < 1.29 is 4.39 Å². The first kappa shape index (κ1) is 14.7. The molecule has 0 radical (unpaired) electrons. The number of aromatic nitrogens is 3. The minimum absolute atomic E-state index is 0.209. The molecular weight excluding hydrogens is 291 g/mol. The van der Waals surface area contributed by atoms with Crippen molar-refractivity contribution in [1.82, 2.24) is 15.4 Å². The molecule has 0 aliphatic heterocycles. The normalized spacial score (nSPS) is 10.8. The summed E-state index contributed by atoms with van der Waals surface area (Å²) in [6.07, 6.45) is 3.85. The Morgan fingerprint density at radius 3 is 2.65 bits per heavy atom. The van der Waals surface area contributed by atoms with Crippen LogP contribution in [0.2, 0.25) is 0 Å². The van der Waals surface area contributed by atoms with Gasteiger partial charge in [-0.25, -0.2) is 9.49 Å². The molecule has 3 rings (SSSR count). The van der Waals surface area contributed by atoms with Gasteiger partial charge in [0.15, 0.2) is 5.69 Å². The molecule has 5 heteroatoms. The quantitative estimate of drug-likeness (QED) is 0.745. The van der Waals surface area contributed by atoms with E-state index in [2.05, 4.69) is 15.4 Å². The fraction of sp³-hybridized carbons (Fsp3) is 0.0556. The number of rotatable bonds is 3. The summed E-state index contributed by atoms with van der Waals surface area (Å²) in [6, 6.07) is 14.6. The van der Waals surface area contributed by atoms with Gasteiger partial charge in [-0.05, 0) is 41.8 Å². The van der Waals surface area contributed by atoms with Gasteiger partial charge in [0, 0.05) is 5.56 Å². The standard InChI is InChI=1S/C18H13FN4/c1-12-9-14(7-8-16(12)19)6-5-13-3-2-4-15(10-13)18-17(11-20)21-23-22-18/h2-10H,1H3,(H,21,22,23). The largest absolute Gasteiger partial charge is 0.247 e. The molecule has 0 saturated heterocycles. The van der Waals surface area contributed by atoms with E-state index in [1.807, 2.05) is 42.5 Å². The van der Waals surface area contributed by atoms with Crippen molar-refractivity contribution in [1.29, 1.82) is 5.26 Å². The van der Waals surface area contributed by atoms with E-state index in [1.165, 1.54) is 6.07 Å². The average Bonchev–Trinajstić information content (AvgIpc) is 3.05. The van der Waals surface area contributed by atoms with Gasteiger partial charge in [-0.15, -0.1) is 5.10 Å². The third-order valence-corrected chi connectivity index (χ3v) is 3.47. The molecule has 0 aliphatic rings. The lowest BCUT2D eigenvalue weighted by Crippen LogP contribution is -1.84. The lowest BCUT2D eigenvalue weighted by atomic mass is 10.1. The maximum absolute atomic E-state index is 13.3. The summed E-state index contributed by atoms with van der Waals surface area (Å²) in [4.78, 5) is 0. The highest BCUT2D eigenvalue weighted by Gasteiger charge is 2.08. The van der Waals surface area contributed by atoms with Gasteiger partial charge in [-0.3, -0.25) is 0 Å². The van der Waals surface area contributed by atoms with Crippen molar-refractivity contribution in [2.45, 2.75) is 6.92 Å². The number of aromatic amines is 1. The minimum Gasteiger partial charge on any atom is -0.247 e. The van der Waals surface area contributed by atoms with E-state index < -0.39 is 0 Å². The van der Waals surface area contributed by atoms with E-state index >= 15 is 0 Å². The summed E-state index contributed by atoms with van der Waals surface area (Å²) >= 11 is 0. The number of nitrogens with zero attached hydrogens (tertiary/aromatic N) is 3. The van der Waals surface area contributed by atoms with Crippen LogP contribution in [0.25, 0.3) is 23.4 Å². The maximum atomic E-state index is 13.3. The second-order valence-electron chi connectivity index (χ2n) is 5.11. The summed E-state index contributed by atoms with van der Waals surface area (Å²) in [7, 11) is 0. The van der Waals surface area contributed by atoms with Crippen LogP contribution in [0, 0.1) is 24.1 Å². The van der Waals surface area contributed by atoms with Gasteiger partial charge in [-0.1, -0.05) is 41.6 Å². The SMILES string of the molecule is Cc1cc(C=Cc2cccc(-c3nn[nH]c3C#N)c2)ccc1F. The van der Waals surface area contributed by atoms with E-state index in [9.17, 15) is 4.39 Å². The van der Waals surface area contributed by atoms with Gasteiger partial charge < -0.3 is 0 Å². The molecule has 23 heavy (non-hydrogen) atoms. The number of aryl methyl sites for hydroxylation is 1. The summed E-state index contributed by atoms with van der Waals surface area (Å²) < 4.78 is 13.3. The highest BCUT2D eigenvalue weighted by Crippen LogP contribution is 2.21. The van der Waals surface area contributed by atoms with Crippen molar-refractivity contribution in [3.05, 3.63) is 70.7 Å². The first-order valence-electron chi connectivity index (χ1n) is 7.03. The molecule has 0 amide bonds. The van der Waals surface area contributed by atoms with Crippen LogP contribution in [0.4, 0.5) is 4.39 Å². The molecule has 0 fully saturated rings. The van der Waals surface area contributed by atoms with Crippen LogP contribution in [-0.4, -0.2) is 15.4 Å². The Hall–Kier alpha value is -3.26. The third-order valence-electron chi connectivity index (χ3n) is 3.47. The number of H-pyrrole nitrogens is 1. The molecule has 0 saturated carbocycles. The predicted octanol–water partition coefficient (Wildman–Crippen LogP) is 3.96. The molecule has 1 aromatic heterocycles. The van der Waals surface area contributed by atoms with E-state index in [0.29, 0.717) is 17.0 Å². The average molecular weight is 304 g/mol. The highest BCUT2D eigenvalue weighted by atomic mass is 19.1. The van der Waals surface area contributed by atoms with Crippen LogP contribution in [0.1, 0.15) is 22.4 Å². The smallest absolute Gasteiger partial charge is 0.163 e. The number of nitriles is 1. The summed E-state index contributed by atoms with van der Waals surface area (Å²) in [5.74, 6) is -0.209. The van der Waals surface area contributed by atoms with E-state index in [-0.39, 0.29) is 5.82 Å². The fourth-order valence-corrected chi connectivity index (χ4v) is 2.26. The molecule has 0 unspecified atom stereocenters. The number of halogens is 1. The first-order chi connectivity index (χ1) is 11.2. The fourth-order valence-electron chi connectivity index (χ4n) is 2.26. The molecule has 1 heterocycles. The molecule has 0 spiro atoms. The van der Waals surface area contributed by atoms with Gasteiger partial charge >= 0.3 is 0 Å². The predicted molar refractivity (Wildman–Crippen MR) is 86.6 cm³/mol. The molecule has 3 aromatic rings. The summed E-state index contributed by atoms with van der Waals surface area (Å²) in [5, 5.41) is 19.2. The van der Waals surface area contributed by atoms with Gasteiger partial charge in [-0.2, -0.15) is 5.26 Å². The van der Waals surface area contributed by atoms with E-state index in [0.717, 1.165) is 16.7 Å². The molecule has 0 atom stereocenters. The molecule has 0 bridgehead atoms. The maximum Gasteiger partial charge on any atom is 0.163 e. The van der Waals surface area contributed by atoms with Crippen LogP contribution in [0.5, 0.6) is 0 Å². The number of hydrogen-bond donors (Lipinski definition) is 1. The summed E-state index contributed by atoms with van der Waals surface area (Å²) in [6.45, 7) is 1.74. The molecule has 4 nitrogen and oxygen atoms in total. The lowest BCUT2D eigenvalue weighted by Gasteiger charge is -2.00. The van der Waals surface area contributed by atoms with Crippen LogP contribution in [0.15, 0.2) is 42.5 Å². The van der Waals surface area contributed by atoms with Crippen molar-refractivity contribution in [2.75, 3.05) is 0 Å². The monoisotopic (exact) mass is 304 g/mol. The Morgan fingerprint density at radius 1 is 1.13 bits per heavy atom. The number of hydrogen-bond acceptors (Lipinski definition) is 3. The van der Waals surface area contributed by atoms with Crippen molar-refractivity contribution >= 4 is 12.2 Å². The molecule has 112 valence electrons. The second kappa shape index (κ2) is 6.24. The number of nitrogens with one attached hydrogen (secondary N) is 1. The zero-order valence-corrected chi connectivity index (χ0v) is 12.4. The highest BCUT2D eigenvalue weighted by molar-refractivity contribution is 5.74. The van der Waals surface area contributed by atoms with Crippen LogP contribution >= 0.6 is 0 Å². The van der Waals surface area contributed by atoms with Gasteiger partial charge in [0.05, 0.1) is 0 Å². The number of benzene rings is 2. The van der Waals surface area contributed by atoms with E-state index in [1.54, 1.807) is 19.1 Å². The second-order valence-corrected chi connectivity index (χ2v) is 5.11. The molecule has 2 aromatic carbocycles. The molecule has 0 aliphatic carbocycles. The lowest BCUT2D eigenvalue weighted by molar-refractivity contribution is 0.618. The molecule has 1 N–H and O–H groups in total. The zero-order valence-electron chi connectivity index (χ0n) is 12.4. The van der Waals surface area contributed by atoms with Crippen molar-refractivity contribution in [3.63, 3.8) is 0 Å². The molecular formula is C18H13FN4. The zero-order chi connectivity index (χ0) is 16.2. The summed E-state index contributed by atoms with van der Waals surface area (Å²) in [5.41, 5.74) is 4.17. The third kappa shape index (κ3) is 3.16. The van der Waals surface area contributed by atoms with Crippen LogP contribution in [-0.2, 0) is 0 Å². The Bertz CT molecular complexity index is 919. The van der Waals surface area contributed by atoms with Gasteiger partial charge in [0.25, 0.3) is 0 Å².